The molecule has 0 aromatic heterocycles. The normalized spacial score (nSPS) is 21.9. The number of carboxylic acid groups (broad SMARTS) is 1. The standard InChI is InChI=1S/C14H25N3O4/c1-15(12-3-9-21-10-4-12)14(20)17-6-2-5-16(7-8-17)11-13(18)19/h12H,2-11H2,1H3,(H,18,19). The van der Waals surface area contributed by atoms with Crippen LogP contribution in [0.5, 0.6) is 0 Å². The number of amides is 2. The summed E-state index contributed by atoms with van der Waals surface area (Å²) in [6, 6.07) is 0.309. The molecule has 2 rings (SSSR count). The van der Waals surface area contributed by atoms with Crippen LogP contribution in [0, 0.1) is 0 Å². The van der Waals surface area contributed by atoms with E-state index in [2.05, 4.69) is 0 Å². The van der Waals surface area contributed by atoms with Crippen molar-refractivity contribution < 1.29 is 19.4 Å². The van der Waals surface area contributed by atoms with E-state index in [1.165, 1.54) is 0 Å². The Morgan fingerprint density at radius 1 is 1.19 bits per heavy atom. The molecule has 2 saturated heterocycles. The van der Waals surface area contributed by atoms with Crippen molar-refractivity contribution in [2.45, 2.75) is 25.3 Å². The van der Waals surface area contributed by atoms with Crippen LogP contribution in [0.25, 0.3) is 0 Å². The number of rotatable bonds is 3. The summed E-state index contributed by atoms with van der Waals surface area (Å²) >= 11 is 0. The zero-order chi connectivity index (χ0) is 15.2. The molecule has 2 heterocycles. The average molecular weight is 299 g/mol. The van der Waals surface area contributed by atoms with Crippen molar-refractivity contribution in [3.05, 3.63) is 0 Å². The lowest BCUT2D eigenvalue weighted by molar-refractivity contribution is -0.138. The monoisotopic (exact) mass is 299 g/mol. The Balaban J connectivity index is 1.85. The Morgan fingerprint density at radius 3 is 2.57 bits per heavy atom. The summed E-state index contributed by atoms with van der Waals surface area (Å²) in [5.74, 6) is -0.811. The van der Waals surface area contributed by atoms with Gasteiger partial charge in [-0.2, -0.15) is 0 Å². The van der Waals surface area contributed by atoms with Crippen LogP contribution in [-0.2, 0) is 9.53 Å². The van der Waals surface area contributed by atoms with E-state index in [9.17, 15) is 9.59 Å². The van der Waals surface area contributed by atoms with Crippen molar-refractivity contribution in [3.63, 3.8) is 0 Å². The summed E-state index contributed by atoms with van der Waals surface area (Å²) in [5, 5.41) is 8.85. The third-order valence-corrected chi connectivity index (χ3v) is 4.26. The number of ether oxygens (including phenoxy) is 1. The summed E-state index contributed by atoms with van der Waals surface area (Å²) in [5.41, 5.74) is 0. The fourth-order valence-electron chi connectivity index (χ4n) is 2.96. The second kappa shape index (κ2) is 7.61. The number of carboxylic acids is 1. The molecule has 0 aromatic rings. The SMILES string of the molecule is CN(C(=O)N1CCCN(CC(=O)O)CC1)C1CCOCC1. The van der Waals surface area contributed by atoms with E-state index in [1.807, 2.05) is 21.7 Å². The van der Waals surface area contributed by atoms with Gasteiger partial charge in [-0.1, -0.05) is 0 Å². The van der Waals surface area contributed by atoms with Gasteiger partial charge in [0.05, 0.1) is 6.54 Å². The first kappa shape index (κ1) is 16.0. The molecule has 2 amide bonds. The van der Waals surface area contributed by atoms with E-state index in [-0.39, 0.29) is 18.6 Å². The molecule has 0 unspecified atom stereocenters. The fraction of sp³-hybridized carbons (Fsp3) is 0.857. The van der Waals surface area contributed by atoms with E-state index in [1.54, 1.807) is 0 Å². The van der Waals surface area contributed by atoms with E-state index in [0.717, 1.165) is 25.8 Å². The van der Waals surface area contributed by atoms with Crippen LogP contribution in [0.2, 0.25) is 0 Å². The first-order valence-corrected chi connectivity index (χ1v) is 7.61. The molecular formula is C14H25N3O4. The van der Waals surface area contributed by atoms with Gasteiger partial charge in [-0.3, -0.25) is 9.69 Å². The van der Waals surface area contributed by atoms with E-state index >= 15 is 0 Å². The molecule has 1 N–H and O–H groups in total. The third kappa shape index (κ3) is 4.57. The Bertz CT molecular complexity index is 371. The molecule has 0 aliphatic carbocycles. The quantitative estimate of drug-likeness (QED) is 0.812. The van der Waals surface area contributed by atoms with Gasteiger partial charge in [0.1, 0.15) is 0 Å². The molecule has 21 heavy (non-hydrogen) atoms. The predicted molar refractivity (Wildman–Crippen MR) is 77.3 cm³/mol. The highest BCUT2D eigenvalue weighted by molar-refractivity contribution is 5.74. The molecule has 0 radical (unpaired) electrons. The molecule has 0 bridgehead atoms. The van der Waals surface area contributed by atoms with Crippen molar-refractivity contribution in [3.8, 4) is 0 Å². The highest BCUT2D eigenvalue weighted by atomic mass is 16.5. The molecular weight excluding hydrogens is 274 g/mol. The van der Waals surface area contributed by atoms with E-state index < -0.39 is 5.97 Å². The Labute approximate surface area is 125 Å². The van der Waals surface area contributed by atoms with E-state index in [4.69, 9.17) is 9.84 Å². The molecule has 0 saturated carbocycles. The Kier molecular flexibility index (Phi) is 5.81. The van der Waals surface area contributed by atoms with Crippen molar-refractivity contribution in [1.82, 2.24) is 14.7 Å². The van der Waals surface area contributed by atoms with E-state index in [0.29, 0.717) is 32.8 Å². The van der Waals surface area contributed by atoms with Gasteiger partial charge >= 0.3 is 12.0 Å². The first-order chi connectivity index (χ1) is 10.1. The summed E-state index contributed by atoms with van der Waals surface area (Å²) in [4.78, 5) is 28.9. The van der Waals surface area contributed by atoms with Gasteiger partial charge in [0.15, 0.2) is 0 Å². The molecule has 2 aliphatic heterocycles. The maximum atomic E-state index is 12.6. The minimum Gasteiger partial charge on any atom is -0.480 e. The molecule has 0 spiro atoms. The summed E-state index contributed by atoms with van der Waals surface area (Å²) in [6.45, 7) is 4.14. The molecule has 120 valence electrons. The molecule has 7 nitrogen and oxygen atoms in total. The average Bonchev–Trinajstić information content (AvgIpc) is 2.71. The predicted octanol–water partition coefficient (Wildman–Crippen LogP) is 0.310. The third-order valence-electron chi connectivity index (χ3n) is 4.26. The number of urea groups is 1. The smallest absolute Gasteiger partial charge is 0.320 e. The van der Waals surface area contributed by atoms with Gasteiger partial charge in [-0.15, -0.1) is 0 Å². The minimum absolute atomic E-state index is 0.0534. The highest BCUT2D eigenvalue weighted by Gasteiger charge is 2.27. The number of carbonyl (C=O) groups is 2. The summed E-state index contributed by atoms with van der Waals surface area (Å²) in [7, 11) is 1.86. The second-order valence-electron chi connectivity index (χ2n) is 5.75. The first-order valence-electron chi connectivity index (χ1n) is 7.61. The molecule has 2 fully saturated rings. The van der Waals surface area contributed by atoms with Gasteiger partial charge in [0, 0.05) is 52.5 Å². The van der Waals surface area contributed by atoms with Crippen LogP contribution in [0.4, 0.5) is 4.79 Å². The summed E-state index contributed by atoms with van der Waals surface area (Å²) in [6.07, 6.45) is 2.60. The molecule has 0 aromatic carbocycles. The number of aliphatic carboxylic acids is 1. The largest absolute Gasteiger partial charge is 0.480 e. The molecule has 7 heteroatoms. The van der Waals surface area contributed by atoms with Crippen LogP contribution in [0.1, 0.15) is 19.3 Å². The second-order valence-corrected chi connectivity index (χ2v) is 5.75. The van der Waals surface area contributed by atoms with Gasteiger partial charge in [-0.05, 0) is 19.3 Å². The van der Waals surface area contributed by atoms with Crippen LogP contribution >= 0.6 is 0 Å². The number of hydrogen-bond acceptors (Lipinski definition) is 4. The Hall–Kier alpha value is -1.34. The highest BCUT2D eigenvalue weighted by Crippen LogP contribution is 2.15. The lowest BCUT2D eigenvalue weighted by Gasteiger charge is -2.35. The van der Waals surface area contributed by atoms with Crippen LogP contribution in [-0.4, -0.2) is 90.8 Å². The van der Waals surface area contributed by atoms with Gasteiger partial charge in [0.25, 0.3) is 0 Å². The van der Waals surface area contributed by atoms with Crippen LogP contribution in [0.15, 0.2) is 0 Å². The topological polar surface area (TPSA) is 73.3 Å². The van der Waals surface area contributed by atoms with Gasteiger partial charge in [0.2, 0.25) is 0 Å². The van der Waals surface area contributed by atoms with Crippen molar-refractivity contribution in [2.24, 2.45) is 0 Å². The number of hydrogen-bond donors (Lipinski definition) is 1. The molecule has 2 aliphatic rings. The minimum atomic E-state index is -0.811. The van der Waals surface area contributed by atoms with Crippen LogP contribution < -0.4 is 0 Å². The maximum absolute atomic E-state index is 12.6. The zero-order valence-electron chi connectivity index (χ0n) is 12.7. The molecule has 0 atom stereocenters. The summed E-state index contributed by atoms with van der Waals surface area (Å²) < 4.78 is 5.33. The zero-order valence-corrected chi connectivity index (χ0v) is 12.7. The van der Waals surface area contributed by atoms with Gasteiger partial charge < -0.3 is 19.6 Å². The van der Waals surface area contributed by atoms with Crippen molar-refractivity contribution in [2.75, 3.05) is 53.0 Å². The lowest BCUT2D eigenvalue weighted by Crippen LogP contribution is -2.48. The maximum Gasteiger partial charge on any atom is 0.320 e. The van der Waals surface area contributed by atoms with Crippen LogP contribution in [0.3, 0.4) is 0 Å². The fourth-order valence-corrected chi connectivity index (χ4v) is 2.96. The van der Waals surface area contributed by atoms with Gasteiger partial charge in [-0.25, -0.2) is 4.79 Å². The van der Waals surface area contributed by atoms with Crippen molar-refractivity contribution in [1.29, 1.82) is 0 Å². The number of carbonyl (C=O) groups excluding carboxylic acids is 1. The van der Waals surface area contributed by atoms with Crippen molar-refractivity contribution >= 4 is 12.0 Å². The number of nitrogens with zero attached hydrogens (tertiary/aromatic N) is 3. The lowest BCUT2D eigenvalue weighted by atomic mass is 10.1. The Morgan fingerprint density at radius 2 is 1.90 bits per heavy atom.